The highest BCUT2D eigenvalue weighted by Gasteiger charge is 2.33. The van der Waals surface area contributed by atoms with Crippen molar-refractivity contribution in [3.8, 4) is 0 Å². The molecular formula is C10H20N2O4S. The van der Waals surface area contributed by atoms with E-state index in [2.05, 4.69) is 9.44 Å². The Morgan fingerprint density at radius 1 is 1.41 bits per heavy atom. The lowest BCUT2D eigenvalue weighted by Gasteiger charge is -2.17. The molecule has 100 valence electrons. The van der Waals surface area contributed by atoms with E-state index in [4.69, 9.17) is 5.11 Å². The van der Waals surface area contributed by atoms with E-state index in [9.17, 15) is 13.2 Å². The number of carbonyl (C=O) groups is 1. The third-order valence-electron chi connectivity index (χ3n) is 2.90. The van der Waals surface area contributed by atoms with E-state index in [1.165, 1.54) is 0 Å². The second-order valence-electron chi connectivity index (χ2n) is 4.76. The molecule has 1 aliphatic rings. The van der Waals surface area contributed by atoms with Gasteiger partial charge in [0, 0.05) is 12.6 Å². The maximum atomic E-state index is 11.5. The Kier molecular flexibility index (Phi) is 4.91. The van der Waals surface area contributed by atoms with E-state index < -0.39 is 22.1 Å². The van der Waals surface area contributed by atoms with Gasteiger partial charge in [0.05, 0.1) is 5.92 Å². The highest BCUT2D eigenvalue weighted by molar-refractivity contribution is 7.87. The van der Waals surface area contributed by atoms with E-state index in [0.29, 0.717) is 6.42 Å². The maximum absolute atomic E-state index is 11.5. The molecule has 7 heteroatoms. The molecule has 0 aromatic heterocycles. The molecule has 0 aromatic carbocycles. The Morgan fingerprint density at radius 3 is 2.59 bits per heavy atom. The van der Waals surface area contributed by atoms with Crippen LogP contribution in [0.5, 0.6) is 0 Å². The first-order valence-electron chi connectivity index (χ1n) is 5.81. The summed E-state index contributed by atoms with van der Waals surface area (Å²) in [6.07, 6.45) is 2.25. The molecule has 2 unspecified atom stereocenters. The lowest BCUT2D eigenvalue weighted by molar-refractivity contribution is -0.142. The monoisotopic (exact) mass is 264 g/mol. The zero-order valence-corrected chi connectivity index (χ0v) is 11.0. The van der Waals surface area contributed by atoms with Crippen LogP contribution in [0.25, 0.3) is 0 Å². The summed E-state index contributed by atoms with van der Waals surface area (Å²) in [5.74, 6) is -1.35. The van der Waals surface area contributed by atoms with Crippen LogP contribution in [0, 0.1) is 11.8 Å². The third kappa shape index (κ3) is 4.61. The van der Waals surface area contributed by atoms with Crippen LogP contribution in [0.2, 0.25) is 0 Å². The van der Waals surface area contributed by atoms with Gasteiger partial charge in [0.1, 0.15) is 0 Å². The Balaban J connectivity index is 2.47. The fraction of sp³-hybridized carbons (Fsp3) is 0.900. The van der Waals surface area contributed by atoms with Crippen LogP contribution >= 0.6 is 0 Å². The van der Waals surface area contributed by atoms with Gasteiger partial charge < -0.3 is 5.11 Å². The number of carboxylic acid groups (broad SMARTS) is 1. The molecule has 0 aromatic rings. The zero-order valence-electron chi connectivity index (χ0n) is 10.1. The molecule has 1 fully saturated rings. The van der Waals surface area contributed by atoms with Gasteiger partial charge in [-0.3, -0.25) is 4.79 Å². The molecule has 1 saturated carbocycles. The van der Waals surface area contributed by atoms with Crippen LogP contribution in [0.1, 0.15) is 33.1 Å². The van der Waals surface area contributed by atoms with Crippen molar-refractivity contribution >= 4 is 16.2 Å². The van der Waals surface area contributed by atoms with Crippen LogP contribution in [0.4, 0.5) is 0 Å². The molecule has 3 N–H and O–H groups in total. The maximum Gasteiger partial charge on any atom is 0.306 e. The Bertz CT molecular complexity index is 367. The largest absolute Gasteiger partial charge is 0.481 e. The molecule has 6 nitrogen and oxygen atoms in total. The van der Waals surface area contributed by atoms with Crippen molar-refractivity contribution in [1.29, 1.82) is 0 Å². The molecule has 0 amide bonds. The quantitative estimate of drug-likeness (QED) is 0.644. The summed E-state index contributed by atoms with van der Waals surface area (Å²) in [5, 5.41) is 8.97. The minimum absolute atomic E-state index is 0.101. The topological polar surface area (TPSA) is 95.5 Å². The first-order valence-corrected chi connectivity index (χ1v) is 7.30. The first-order chi connectivity index (χ1) is 7.82. The summed E-state index contributed by atoms with van der Waals surface area (Å²) in [6.45, 7) is 3.66. The van der Waals surface area contributed by atoms with Gasteiger partial charge in [0.15, 0.2) is 0 Å². The molecule has 0 spiro atoms. The minimum Gasteiger partial charge on any atom is -0.481 e. The molecule has 0 heterocycles. The summed E-state index contributed by atoms with van der Waals surface area (Å²) in [5.41, 5.74) is 0. The van der Waals surface area contributed by atoms with Gasteiger partial charge >= 0.3 is 5.97 Å². The van der Waals surface area contributed by atoms with Gasteiger partial charge in [-0.25, -0.2) is 4.72 Å². The van der Waals surface area contributed by atoms with Crippen LogP contribution in [-0.4, -0.2) is 32.1 Å². The standard InChI is InChI=1S/C10H20N2O4S/c1-7(2)12-17(15,16)11-6-8-4-3-5-9(8)10(13)14/h7-9,11-12H,3-6H2,1-2H3,(H,13,14). The SMILES string of the molecule is CC(C)NS(=O)(=O)NCC1CCCC1C(=O)O. The predicted molar refractivity (Wildman–Crippen MR) is 63.7 cm³/mol. The van der Waals surface area contributed by atoms with Crippen molar-refractivity contribution < 1.29 is 18.3 Å². The Morgan fingerprint density at radius 2 is 2.06 bits per heavy atom. The van der Waals surface area contributed by atoms with Gasteiger partial charge in [0.25, 0.3) is 10.2 Å². The third-order valence-corrected chi connectivity index (χ3v) is 4.23. The highest BCUT2D eigenvalue weighted by Crippen LogP contribution is 2.31. The molecule has 0 radical (unpaired) electrons. The van der Waals surface area contributed by atoms with Crippen LogP contribution < -0.4 is 9.44 Å². The van der Waals surface area contributed by atoms with Crippen LogP contribution in [-0.2, 0) is 15.0 Å². The van der Waals surface area contributed by atoms with E-state index in [1.807, 2.05) is 0 Å². The van der Waals surface area contributed by atoms with E-state index >= 15 is 0 Å². The van der Waals surface area contributed by atoms with E-state index in [1.54, 1.807) is 13.8 Å². The minimum atomic E-state index is -3.51. The van der Waals surface area contributed by atoms with E-state index in [0.717, 1.165) is 12.8 Å². The number of nitrogens with one attached hydrogen (secondary N) is 2. The number of hydrogen-bond acceptors (Lipinski definition) is 3. The van der Waals surface area contributed by atoms with E-state index in [-0.39, 0.29) is 18.5 Å². The highest BCUT2D eigenvalue weighted by atomic mass is 32.2. The smallest absolute Gasteiger partial charge is 0.306 e. The molecule has 17 heavy (non-hydrogen) atoms. The van der Waals surface area contributed by atoms with Crippen molar-refractivity contribution in [3.63, 3.8) is 0 Å². The Hall–Kier alpha value is -0.660. The van der Waals surface area contributed by atoms with Crippen molar-refractivity contribution in [1.82, 2.24) is 9.44 Å². The molecular weight excluding hydrogens is 244 g/mol. The molecule has 2 atom stereocenters. The van der Waals surface area contributed by atoms with Gasteiger partial charge in [-0.2, -0.15) is 13.1 Å². The van der Waals surface area contributed by atoms with Crippen molar-refractivity contribution in [2.75, 3.05) is 6.54 Å². The molecule has 0 bridgehead atoms. The summed E-state index contributed by atoms with van der Waals surface area (Å²) < 4.78 is 27.8. The van der Waals surface area contributed by atoms with Gasteiger partial charge in [-0.05, 0) is 32.6 Å². The average Bonchev–Trinajstić information content (AvgIpc) is 2.60. The average molecular weight is 264 g/mol. The summed E-state index contributed by atoms with van der Waals surface area (Å²) in [6, 6.07) is -0.175. The number of hydrogen-bond donors (Lipinski definition) is 3. The second kappa shape index (κ2) is 5.79. The number of rotatable bonds is 6. The fourth-order valence-corrected chi connectivity index (χ4v) is 3.31. The van der Waals surface area contributed by atoms with Crippen molar-refractivity contribution in [2.24, 2.45) is 11.8 Å². The number of aliphatic carboxylic acids is 1. The second-order valence-corrected chi connectivity index (χ2v) is 6.29. The molecule has 1 rings (SSSR count). The van der Waals surface area contributed by atoms with Crippen molar-refractivity contribution in [3.05, 3.63) is 0 Å². The predicted octanol–water partition coefficient (Wildman–Crippen LogP) is 0.320. The first kappa shape index (κ1) is 14.4. The lowest BCUT2D eigenvalue weighted by Crippen LogP contribution is -2.43. The normalized spacial score (nSPS) is 25.4. The summed E-state index contributed by atoms with van der Waals surface area (Å²) in [7, 11) is -3.51. The molecule has 0 saturated heterocycles. The molecule has 1 aliphatic carbocycles. The Labute approximate surface area is 102 Å². The molecule has 0 aliphatic heterocycles. The summed E-state index contributed by atoms with van der Waals surface area (Å²) >= 11 is 0. The summed E-state index contributed by atoms with van der Waals surface area (Å²) in [4.78, 5) is 10.9. The fourth-order valence-electron chi connectivity index (χ4n) is 2.17. The zero-order chi connectivity index (χ0) is 13.1. The lowest BCUT2D eigenvalue weighted by atomic mass is 9.97. The van der Waals surface area contributed by atoms with Gasteiger partial charge in [-0.1, -0.05) is 6.42 Å². The van der Waals surface area contributed by atoms with Crippen molar-refractivity contribution in [2.45, 2.75) is 39.2 Å². The van der Waals surface area contributed by atoms with Gasteiger partial charge in [-0.15, -0.1) is 0 Å². The van der Waals surface area contributed by atoms with Gasteiger partial charge in [0.2, 0.25) is 0 Å². The van der Waals surface area contributed by atoms with Crippen LogP contribution in [0.3, 0.4) is 0 Å². The number of carboxylic acids is 1. The van der Waals surface area contributed by atoms with Crippen LogP contribution in [0.15, 0.2) is 0 Å².